The fourth-order valence-corrected chi connectivity index (χ4v) is 7.69. The van der Waals surface area contributed by atoms with Gasteiger partial charge in [-0.2, -0.15) is 0 Å². The van der Waals surface area contributed by atoms with E-state index >= 15 is 0 Å². The first-order chi connectivity index (χ1) is 11.7. The van der Waals surface area contributed by atoms with Gasteiger partial charge >= 0.3 is 0 Å². The average Bonchev–Trinajstić information content (AvgIpc) is 3.08. The van der Waals surface area contributed by atoms with Crippen LogP contribution in [-0.2, 0) is 0 Å². The molecule has 6 heteroatoms. The van der Waals surface area contributed by atoms with E-state index in [0.717, 1.165) is 0 Å². The van der Waals surface area contributed by atoms with Crippen LogP contribution in [0.5, 0.6) is 0 Å². The van der Waals surface area contributed by atoms with Gasteiger partial charge in [0.2, 0.25) is 0 Å². The summed E-state index contributed by atoms with van der Waals surface area (Å²) in [5.74, 6) is -1.46. The molecule has 0 bridgehead atoms. The fourth-order valence-electron chi connectivity index (χ4n) is 7.69. The van der Waals surface area contributed by atoms with E-state index in [9.17, 15) is 30.6 Å². The summed E-state index contributed by atoms with van der Waals surface area (Å²) < 4.78 is 0. The van der Waals surface area contributed by atoms with E-state index in [0.29, 0.717) is 12.8 Å². The molecule has 6 N–H and O–H groups in total. The minimum atomic E-state index is -1.72. The van der Waals surface area contributed by atoms with Gasteiger partial charge in [-0.05, 0) is 50.9 Å². The molecule has 10 atom stereocenters. The lowest BCUT2D eigenvalue weighted by molar-refractivity contribution is -0.247. The van der Waals surface area contributed by atoms with Crippen LogP contribution in [0.25, 0.3) is 0 Å². The van der Waals surface area contributed by atoms with Gasteiger partial charge in [0.05, 0.1) is 29.0 Å². The van der Waals surface area contributed by atoms with E-state index in [-0.39, 0.29) is 37.0 Å². The van der Waals surface area contributed by atoms with Gasteiger partial charge in [-0.3, -0.25) is 0 Å². The summed E-state index contributed by atoms with van der Waals surface area (Å²) in [4.78, 5) is 0. The first-order valence-corrected chi connectivity index (χ1v) is 9.95. The third-order valence-electron chi connectivity index (χ3n) is 9.11. The highest BCUT2D eigenvalue weighted by Gasteiger charge is 2.74. The van der Waals surface area contributed by atoms with Crippen LogP contribution in [0.4, 0.5) is 0 Å². The van der Waals surface area contributed by atoms with Gasteiger partial charge in [0.25, 0.3) is 0 Å². The molecular formula is C20H34O6. The van der Waals surface area contributed by atoms with Crippen molar-refractivity contribution in [2.45, 2.75) is 94.4 Å². The van der Waals surface area contributed by atoms with Gasteiger partial charge in [-0.15, -0.1) is 0 Å². The van der Waals surface area contributed by atoms with Crippen molar-refractivity contribution >= 4 is 0 Å². The quantitative estimate of drug-likeness (QED) is 0.361. The molecular weight excluding hydrogens is 336 g/mol. The first-order valence-electron chi connectivity index (χ1n) is 9.95. The fraction of sp³-hybridized carbons (Fsp3) is 1.00. The van der Waals surface area contributed by atoms with Crippen molar-refractivity contribution in [1.82, 2.24) is 0 Å². The number of fused-ring (bicyclic) bond motifs is 1. The summed E-state index contributed by atoms with van der Waals surface area (Å²) in [6, 6.07) is 0. The summed E-state index contributed by atoms with van der Waals surface area (Å²) in [7, 11) is 0. The second-order valence-corrected chi connectivity index (χ2v) is 10.8. The lowest BCUT2D eigenvalue weighted by atomic mass is 9.56. The number of hydrogen-bond donors (Lipinski definition) is 6. The Kier molecular flexibility index (Phi) is 3.69. The third kappa shape index (κ3) is 1.98. The topological polar surface area (TPSA) is 121 Å². The van der Waals surface area contributed by atoms with Crippen molar-refractivity contribution in [2.75, 3.05) is 0 Å². The third-order valence-corrected chi connectivity index (χ3v) is 9.11. The number of rotatable bonds is 0. The minimum absolute atomic E-state index is 0.0555. The maximum atomic E-state index is 11.7. The molecule has 4 rings (SSSR count). The summed E-state index contributed by atoms with van der Waals surface area (Å²) in [6.45, 7) is 6.83. The molecule has 0 aromatic rings. The van der Waals surface area contributed by atoms with E-state index in [1.54, 1.807) is 27.7 Å². The van der Waals surface area contributed by atoms with Gasteiger partial charge in [0.1, 0.15) is 5.60 Å². The molecule has 0 aromatic carbocycles. The van der Waals surface area contributed by atoms with Crippen LogP contribution in [0.3, 0.4) is 0 Å². The molecule has 4 fully saturated rings. The van der Waals surface area contributed by atoms with E-state index in [4.69, 9.17) is 0 Å². The number of aliphatic hydroxyl groups excluding tert-OH is 2. The predicted molar refractivity (Wildman–Crippen MR) is 94.0 cm³/mol. The molecule has 0 aromatic heterocycles. The number of hydrogen-bond acceptors (Lipinski definition) is 6. The molecule has 0 aliphatic heterocycles. The van der Waals surface area contributed by atoms with Gasteiger partial charge in [0.15, 0.2) is 0 Å². The van der Waals surface area contributed by atoms with Crippen molar-refractivity contribution in [3.05, 3.63) is 0 Å². The molecule has 150 valence electrons. The van der Waals surface area contributed by atoms with E-state index in [1.807, 2.05) is 0 Å². The Bertz CT molecular complexity index is 615. The largest absolute Gasteiger partial charge is 0.392 e. The Morgan fingerprint density at radius 2 is 1.38 bits per heavy atom. The Balaban J connectivity index is 1.89. The van der Waals surface area contributed by atoms with Gasteiger partial charge in [-0.1, -0.05) is 13.8 Å². The Labute approximate surface area is 154 Å². The van der Waals surface area contributed by atoms with Crippen LogP contribution in [0.15, 0.2) is 0 Å². The Hall–Kier alpha value is -0.240. The Morgan fingerprint density at radius 3 is 2.00 bits per heavy atom. The second-order valence-electron chi connectivity index (χ2n) is 10.8. The normalized spacial score (nSPS) is 63.9. The molecule has 1 unspecified atom stereocenters. The monoisotopic (exact) mass is 370 g/mol. The number of aliphatic hydroxyl groups is 6. The Morgan fingerprint density at radius 1 is 0.808 bits per heavy atom. The SMILES string of the molecule is CC1(C)[C@@H](O)C[C@H]2[C@](C)(O)[C@@H]3CC[C@@H]4C3[C@](O)(C[C@@H](O)[C@@]21O)C[C@@]4(C)O. The highest BCUT2D eigenvalue weighted by Crippen LogP contribution is 2.67. The highest BCUT2D eigenvalue weighted by atomic mass is 16.4. The molecule has 0 amide bonds. The van der Waals surface area contributed by atoms with Crippen LogP contribution >= 0.6 is 0 Å². The molecule has 0 radical (unpaired) electrons. The van der Waals surface area contributed by atoms with E-state index in [1.165, 1.54) is 0 Å². The van der Waals surface area contributed by atoms with Crippen molar-refractivity contribution in [2.24, 2.45) is 29.1 Å². The smallest absolute Gasteiger partial charge is 0.104 e. The first kappa shape index (κ1) is 19.1. The zero-order valence-corrected chi connectivity index (χ0v) is 16.2. The summed E-state index contributed by atoms with van der Waals surface area (Å²) >= 11 is 0. The maximum Gasteiger partial charge on any atom is 0.104 e. The molecule has 6 nitrogen and oxygen atoms in total. The van der Waals surface area contributed by atoms with Gasteiger partial charge in [-0.25, -0.2) is 0 Å². The summed E-state index contributed by atoms with van der Waals surface area (Å²) in [5, 5.41) is 67.4. The molecule has 26 heavy (non-hydrogen) atoms. The standard InChI is InChI=1S/C20H34O6/c1-16(2)13(21)7-12-18(4,24)11-6-5-10-15(11)19(25,9-17(10,3)23)8-14(22)20(12,16)26/h10-15,21-26H,5-9H2,1-4H3/t10-,11-,12+,13+,14-,15?,17-,18-,19+,20+/m1/s1. The molecule has 0 saturated heterocycles. The van der Waals surface area contributed by atoms with Crippen LogP contribution in [0, 0.1) is 29.1 Å². The van der Waals surface area contributed by atoms with E-state index in [2.05, 4.69) is 0 Å². The second kappa shape index (κ2) is 5.02. The minimum Gasteiger partial charge on any atom is -0.392 e. The zero-order valence-electron chi connectivity index (χ0n) is 16.2. The van der Waals surface area contributed by atoms with Gasteiger partial charge < -0.3 is 30.6 Å². The van der Waals surface area contributed by atoms with Crippen molar-refractivity contribution in [3.63, 3.8) is 0 Å². The van der Waals surface area contributed by atoms with Crippen LogP contribution in [-0.4, -0.2) is 65.3 Å². The van der Waals surface area contributed by atoms with Crippen LogP contribution in [0.1, 0.15) is 59.8 Å². The lowest BCUT2D eigenvalue weighted by Crippen LogP contribution is -2.67. The average molecular weight is 370 g/mol. The van der Waals surface area contributed by atoms with Crippen LogP contribution < -0.4 is 0 Å². The van der Waals surface area contributed by atoms with Crippen LogP contribution in [0.2, 0.25) is 0 Å². The molecule has 4 saturated carbocycles. The molecule has 0 spiro atoms. The maximum absolute atomic E-state index is 11.7. The van der Waals surface area contributed by atoms with Crippen molar-refractivity contribution in [3.8, 4) is 0 Å². The lowest BCUT2D eigenvalue weighted by Gasteiger charge is -2.55. The van der Waals surface area contributed by atoms with Crippen molar-refractivity contribution < 1.29 is 30.6 Å². The molecule has 4 aliphatic carbocycles. The predicted octanol–water partition coefficient (Wildman–Crippen LogP) is 0.168. The highest BCUT2D eigenvalue weighted by molar-refractivity contribution is 5.24. The van der Waals surface area contributed by atoms with Gasteiger partial charge in [0, 0.05) is 24.2 Å². The molecule has 4 aliphatic rings. The molecule has 0 heterocycles. The zero-order chi connectivity index (χ0) is 19.5. The van der Waals surface area contributed by atoms with E-state index < -0.39 is 45.9 Å². The van der Waals surface area contributed by atoms with Crippen molar-refractivity contribution in [1.29, 1.82) is 0 Å². The summed E-state index contributed by atoms with van der Waals surface area (Å²) in [6.07, 6.45) is -0.522. The summed E-state index contributed by atoms with van der Waals surface area (Å²) in [5.41, 5.74) is -6.50.